The van der Waals surface area contributed by atoms with Gasteiger partial charge in [0.1, 0.15) is 10.8 Å². The minimum atomic E-state index is -0.00623. The smallest absolute Gasteiger partial charge is 0.237 e. The van der Waals surface area contributed by atoms with Crippen LogP contribution in [-0.2, 0) is 11.3 Å². The Morgan fingerprint density at radius 1 is 1.40 bits per heavy atom. The Bertz CT molecular complexity index is 716. The van der Waals surface area contributed by atoms with Gasteiger partial charge in [0.2, 0.25) is 5.91 Å². The Morgan fingerprint density at radius 3 is 3.12 bits per heavy atom. The number of methoxy groups -OCH3 is 1. The number of ether oxygens (including phenoxy) is 1. The molecule has 1 N–H and O–H groups in total. The van der Waals surface area contributed by atoms with E-state index in [0.717, 1.165) is 40.6 Å². The van der Waals surface area contributed by atoms with Crippen LogP contribution in [0.1, 0.15) is 30.6 Å². The standard InChI is InChI=1S/C19H25N3O2S/c1-22-10-5-3-4-9-17(22)18(23)20-12-16-13-21-19(25-16)14-7-6-8-15(11-14)24-2/h6-8,11,13,17H,3-5,9-10,12H2,1-2H3,(H,20,23)/t17-/m1/s1. The second-order valence-electron chi connectivity index (χ2n) is 6.43. The van der Waals surface area contributed by atoms with E-state index in [1.54, 1.807) is 18.4 Å². The van der Waals surface area contributed by atoms with Gasteiger partial charge in [-0.2, -0.15) is 0 Å². The van der Waals surface area contributed by atoms with E-state index in [4.69, 9.17) is 4.74 Å². The lowest BCUT2D eigenvalue weighted by Crippen LogP contribution is -2.44. The monoisotopic (exact) mass is 359 g/mol. The zero-order chi connectivity index (χ0) is 17.6. The molecular weight excluding hydrogens is 334 g/mol. The molecule has 2 aromatic rings. The van der Waals surface area contributed by atoms with E-state index in [9.17, 15) is 4.79 Å². The number of likely N-dealkylation sites (N-methyl/N-ethyl adjacent to an activating group) is 1. The molecule has 0 aliphatic carbocycles. The van der Waals surface area contributed by atoms with Crippen LogP contribution in [-0.4, -0.2) is 42.5 Å². The molecule has 1 atom stereocenters. The third-order valence-electron chi connectivity index (χ3n) is 4.63. The van der Waals surface area contributed by atoms with Crippen molar-refractivity contribution in [3.05, 3.63) is 35.3 Å². The van der Waals surface area contributed by atoms with Crippen LogP contribution in [0.2, 0.25) is 0 Å². The summed E-state index contributed by atoms with van der Waals surface area (Å²) in [7, 11) is 3.70. The van der Waals surface area contributed by atoms with Crippen molar-refractivity contribution in [1.29, 1.82) is 0 Å². The SMILES string of the molecule is COc1cccc(-c2ncc(CNC(=O)[C@H]3CCCCCN3C)s2)c1. The maximum Gasteiger partial charge on any atom is 0.237 e. The molecule has 5 nitrogen and oxygen atoms in total. The lowest BCUT2D eigenvalue weighted by atomic mass is 10.1. The van der Waals surface area contributed by atoms with Crippen LogP contribution in [0.3, 0.4) is 0 Å². The van der Waals surface area contributed by atoms with Gasteiger partial charge >= 0.3 is 0 Å². The average Bonchev–Trinajstić information content (AvgIpc) is 3.01. The van der Waals surface area contributed by atoms with Gasteiger partial charge in [0, 0.05) is 16.6 Å². The molecule has 0 saturated carbocycles. The second kappa shape index (κ2) is 8.45. The van der Waals surface area contributed by atoms with Crippen molar-refractivity contribution in [1.82, 2.24) is 15.2 Å². The Balaban J connectivity index is 1.60. The third-order valence-corrected chi connectivity index (χ3v) is 5.68. The van der Waals surface area contributed by atoms with Crippen molar-refractivity contribution in [3.8, 4) is 16.3 Å². The molecule has 25 heavy (non-hydrogen) atoms. The quantitative estimate of drug-likeness (QED) is 0.890. The fourth-order valence-electron chi connectivity index (χ4n) is 3.15. The highest BCUT2D eigenvalue weighted by molar-refractivity contribution is 7.15. The fourth-order valence-corrected chi connectivity index (χ4v) is 4.00. The summed E-state index contributed by atoms with van der Waals surface area (Å²) >= 11 is 1.60. The summed E-state index contributed by atoms with van der Waals surface area (Å²) in [5, 5.41) is 4.02. The number of benzene rings is 1. The van der Waals surface area contributed by atoms with E-state index in [-0.39, 0.29) is 11.9 Å². The second-order valence-corrected chi connectivity index (χ2v) is 7.54. The van der Waals surface area contributed by atoms with E-state index in [2.05, 4.69) is 15.2 Å². The van der Waals surface area contributed by atoms with Gasteiger partial charge in [-0.15, -0.1) is 11.3 Å². The zero-order valence-electron chi connectivity index (χ0n) is 14.8. The first-order valence-corrected chi connectivity index (χ1v) is 9.56. The maximum atomic E-state index is 12.5. The molecule has 0 radical (unpaired) electrons. The van der Waals surface area contributed by atoms with Crippen molar-refractivity contribution in [2.45, 2.75) is 38.3 Å². The van der Waals surface area contributed by atoms with Gasteiger partial charge in [-0.1, -0.05) is 25.0 Å². The van der Waals surface area contributed by atoms with Crippen molar-refractivity contribution < 1.29 is 9.53 Å². The van der Waals surface area contributed by atoms with Gasteiger partial charge in [0.15, 0.2) is 0 Å². The lowest BCUT2D eigenvalue weighted by Gasteiger charge is -2.24. The van der Waals surface area contributed by atoms with Gasteiger partial charge in [-0.25, -0.2) is 4.98 Å². The Morgan fingerprint density at radius 2 is 2.28 bits per heavy atom. The van der Waals surface area contributed by atoms with E-state index >= 15 is 0 Å². The van der Waals surface area contributed by atoms with Gasteiger partial charge < -0.3 is 10.1 Å². The number of aromatic nitrogens is 1. The van der Waals surface area contributed by atoms with Crippen LogP contribution in [0.4, 0.5) is 0 Å². The molecule has 1 aromatic carbocycles. The predicted molar refractivity (Wildman–Crippen MR) is 101 cm³/mol. The molecule has 1 aliphatic rings. The molecule has 0 bridgehead atoms. The van der Waals surface area contributed by atoms with E-state index in [1.165, 1.54) is 12.8 Å². The molecule has 1 fully saturated rings. The van der Waals surface area contributed by atoms with Crippen molar-refractivity contribution in [2.24, 2.45) is 0 Å². The topological polar surface area (TPSA) is 54.5 Å². The molecule has 6 heteroatoms. The molecule has 134 valence electrons. The minimum Gasteiger partial charge on any atom is -0.497 e. The fraction of sp³-hybridized carbons (Fsp3) is 0.474. The molecule has 1 amide bonds. The predicted octanol–water partition coefficient (Wildman–Crippen LogP) is 3.31. The number of thiazole rings is 1. The normalized spacial score (nSPS) is 18.6. The van der Waals surface area contributed by atoms with E-state index < -0.39 is 0 Å². The summed E-state index contributed by atoms with van der Waals surface area (Å²) in [6.07, 6.45) is 6.31. The van der Waals surface area contributed by atoms with Crippen molar-refractivity contribution >= 4 is 17.2 Å². The minimum absolute atomic E-state index is 0.00623. The third kappa shape index (κ3) is 4.58. The molecule has 1 aromatic heterocycles. The number of nitrogens with one attached hydrogen (secondary N) is 1. The molecule has 2 heterocycles. The van der Waals surface area contributed by atoms with Gasteiger partial charge in [-0.3, -0.25) is 9.69 Å². The largest absolute Gasteiger partial charge is 0.497 e. The Kier molecular flexibility index (Phi) is 6.04. The summed E-state index contributed by atoms with van der Waals surface area (Å²) in [5.41, 5.74) is 1.03. The number of rotatable bonds is 5. The van der Waals surface area contributed by atoms with E-state index in [1.807, 2.05) is 37.5 Å². The van der Waals surface area contributed by atoms with Crippen LogP contribution >= 0.6 is 11.3 Å². The molecule has 3 rings (SSSR count). The first-order chi connectivity index (χ1) is 12.2. The van der Waals surface area contributed by atoms with E-state index in [0.29, 0.717) is 6.54 Å². The molecule has 1 saturated heterocycles. The number of likely N-dealkylation sites (tertiary alicyclic amines) is 1. The first-order valence-electron chi connectivity index (χ1n) is 8.74. The summed E-state index contributed by atoms with van der Waals surface area (Å²) in [4.78, 5) is 20.2. The van der Waals surface area contributed by atoms with Crippen LogP contribution in [0, 0.1) is 0 Å². The number of carbonyl (C=O) groups is 1. The number of hydrogen-bond acceptors (Lipinski definition) is 5. The van der Waals surface area contributed by atoms with Gasteiger partial charge in [0.05, 0.1) is 19.7 Å². The van der Waals surface area contributed by atoms with Crippen LogP contribution in [0.15, 0.2) is 30.5 Å². The summed E-state index contributed by atoms with van der Waals surface area (Å²) < 4.78 is 5.26. The number of carbonyl (C=O) groups excluding carboxylic acids is 1. The first kappa shape index (κ1) is 17.9. The highest BCUT2D eigenvalue weighted by Gasteiger charge is 2.24. The number of hydrogen-bond donors (Lipinski definition) is 1. The van der Waals surface area contributed by atoms with Gasteiger partial charge in [-0.05, 0) is 38.6 Å². The highest BCUT2D eigenvalue weighted by Crippen LogP contribution is 2.28. The highest BCUT2D eigenvalue weighted by atomic mass is 32.1. The van der Waals surface area contributed by atoms with Crippen LogP contribution < -0.4 is 10.1 Å². The molecule has 0 spiro atoms. The summed E-state index contributed by atoms with van der Waals surface area (Å²) in [5.74, 6) is 0.944. The lowest BCUT2D eigenvalue weighted by molar-refractivity contribution is -0.126. The Hall–Kier alpha value is -1.92. The average molecular weight is 359 g/mol. The Labute approximate surface area is 153 Å². The molecule has 0 unspecified atom stereocenters. The van der Waals surface area contributed by atoms with Crippen molar-refractivity contribution in [2.75, 3.05) is 20.7 Å². The maximum absolute atomic E-state index is 12.5. The van der Waals surface area contributed by atoms with Crippen LogP contribution in [0.25, 0.3) is 10.6 Å². The zero-order valence-corrected chi connectivity index (χ0v) is 15.6. The van der Waals surface area contributed by atoms with Crippen LogP contribution in [0.5, 0.6) is 5.75 Å². The van der Waals surface area contributed by atoms with Gasteiger partial charge in [0.25, 0.3) is 0 Å². The molecule has 1 aliphatic heterocycles. The number of amides is 1. The molecular formula is C19H25N3O2S. The number of nitrogens with zero attached hydrogens (tertiary/aromatic N) is 2. The van der Waals surface area contributed by atoms with Crippen molar-refractivity contribution in [3.63, 3.8) is 0 Å². The summed E-state index contributed by atoms with van der Waals surface area (Å²) in [6.45, 7) is 1.53. The summed E-state index contributed by atoms with van der Waals surface area (Å²) in [6, 6.07) is 7.86.